The lowest BCUT2D eigenvalue weighted by molar-refractivity contribution is -0.119. The summed E-state index contributed by atoms with van der Waals surface area (Å²) in [5.74, 6) is 0.794. The highest BCUT2D eigenvalue weighted by Crippen LogP contribution is 2.25. The summed E-state index contributed by atoms with van der Waals surface area (Å²) in [6.07, 6.45) is 5.89. The van der Waals surface area contributed by atoms with Gasteiger partial charge in [-0.25, -0.2) is 8.42 Å². The second kappa shape index (κ2) is 10.5. The molecule has 7 heteroatoms. The third-order valence-corrected chi connectivity index (χ3v) is 7.15. The number of nitrogens with zero attached hydrogens (tertiary/aromatic N) is 1. The van der Waals surface area contributed by atoms with Crippen molar-refractivity contribution in [3.05, 3.63) is 54.6 Å². The number of hydrogen-bond acceptors (Lipinski definition) is 4. The molecule has 0 heterocycles. The van der Waals surface area contributed by atoms with Crippen LogP contribution in [0.4, 0.5) is 5.69 Å². The van der Waals surface area contributed by atoms with Crippen molar-refractivity contribution in [2.45, 2.75) is 43.9 Å². The second-order valence-corrected chi connectivity index (χ2v) is 9.42. The minimum absolute atomic E-state index is 0.120. The number of carbonyl (C=O) groups is 1. The molecule has 2 aromatic rings. The number of hydrogen-bond donors (Lipinski definition) is 1. The molecule has 6 nitrogen and oxygen atoms in total. The van der Waals surface area contributed by atoms with Gasteiger partial charge in [0.15, 0.2) is 0 Å². The summed E-state index contributed by atoms with van der Waals surface area (Å²) in [5, 5.41) is 2.94. The number of rotatable bonds is 9. The molecule has 0 spiro atoms. The largest absolute Gasteiger partial charge is 0.494 e. The average molecular weight is 431 g/mol. The van der Waals surface area contributed by atoms with E-state index in [-0.39, 0.29) is 17.3 Å². The first-order valence-electron chi connectivity index (χ1n) is 10.6. The van der Waals surface area contributed by atoms with E-state index in [9.17, 15) is 13.2 Å². The van der Waals surface area contributed by atoms with Gasteiger partial charge in [-0.3, -0.25) is 9.10 Å². The first-order valence-corrected chi connectivity index (χ1v) is 12.0. The Balaban J connectivity index is 1.77. The van der Waals surface area contributed by atoms with E-state index < -0.39 is 10.0 Å². The third kappa shape index (κ3) is 5.75. The summed E-state index contributed by atoms with van der Waals surface area (Å²) in [7, 11) is -3.91. The zero-order valence-corrected chi connectivity index (χ0v) is 18.2. The lowest BCUT2D eigenvalue weighted by Gasteiger charge is -2.25. The summed E-state index contributed by atoms with van der Waals surface area (Å²) in [6, 6.07) is 15.0. The van der Waals surface area contributed by atoms with Crippen LogP contribution in [0.1, 0.15) is 39.0 Å². The van der Waals surface area contributed by atoms with E-state index >= 15 is 0 Å². The fourth-order valence-electron chi connectivity index (χ4n) is 3.75. The molecule has 0 atom stereocenters. The van der Waals surface area contributed by atoms with E-state index in [0.717, 1.165) is 12.8 Å². The maximum Gasteiger partial charge on any atom is 0.264 e. The lowest BCUT2D eigenvalue weighted by atomic mass is 9.89. The molecule has 1 N–H and O–H groups in total. The molecule has 1 aliphatic rings. The van der Waals surface area contributed by atoms with Crippen LogP contribution >= 0.6 is 0 Å². The molecule has 0 radical (unpaired) electrons. The van der Waals surface area contributed by atoms with Gasteiger partial charge in [0.05, 0.1) is 17.2 Å². The van der Waals surface area contributed by atoms with Crippen LogP contribution in [0.3, 0.4) is 0 Å². The van der Waals surface area contributed by atoms with E-state index in [1.54, 1.807) is 36.4 Å². The average Bonchev–Trinajstić information content (AvgIpc) is 2.78. The predicted molar refractivity (Wildman–Crippen MR) is 118 cm³/mol. The number of benzene rings is 2. The number of para-hydroxylation sites is 1. The highest BCUT2D eigenvalue weighted by molar-refractivity contribution is 7.92. The van der Waals surface area contributed by atoms with Crippen LogP contribution in [0, 0.1) is 5.92 Å². The Morgan fingerprint density at radius 3 is 2.33 bits per heavy atom. The molecular formula is C23H30N2O4S. The van der Waals surface area contributed by atoms with Gasteiger partial charge in [0.25, 0.3) is 10.0 Å². The van der Waals surface area contributed by atoms with E-state index in [1.807, 2.05) is 13.0 Å². The lowest BCUT2D eigenvalue weighted by Crippen LogP contribution is -2.42. The minimum atomic E-state index is -3.91. The van der Waals surface area contributed by atoms with Crippen LogP contribution in [0.2, 0.25) is 0 Å². The molecule has 0 unspecified atom stereocenters. The van der Waals surface area contributed by atoms with Gasteiger partial charge in [0.1, 0.15) is 12.3 Å². The molecule has 1 amide bonds. The van der Waals surface area contributed by atoms with Gasteiger partial charge in [-0.05, 0) is 62.1 Å². The molecule has 30 heavy (non-hydrogen) atoms. The van der Waals surface area contributed by atoms with Crippen LogP contribution in [0.15, 0.2) is 59.5 Å². The Bertz CT molecular complexity index is 908. The third-order valence-electron chi connectivity index (χ3n) is 5.37. The van der Waals surface area contributed by atoms with Gasteiger partial charge in [0, 0.05) is 6.54 Å². The fourth-order valence-corrected chi connectivity index (χ4v) is 5.17. The molecule has 2 aromatic carbocycles. The number of carbonyl (C=O) groups excluding carboxylic acids is 1. The Morgan fingerprint density at radius 2 is 1.70 bits per heavy atom. The molecule has 3 rings (SSSR count). The summed E-state index contributed by atoms with van der Waals surface area (Å²) in [4.78, 5) is 12.8. The molecule has 0 aliphatic heterocycles. The summed E-state index contributed by atoms with van der Waals surface area (Å²) >= 11 is 0. The van der Waals surface area contributed by atoms with Crippen molar-refractivity contribution in [1.82, 2.24) is 5.32 Å². The fraction of sp³-hybridized carbons (Fsp3) is 0.435. The summed E-state index contributed by atoms with van der Waals surface area (Å²) < 4.78 is 33.3. The predicted octanol–water partition coefficient (Wildman–Crippen LogP) is 3.98. The molecule has 1 aliphatic carbocycles. The number of nitrogens with one attached hydrogen (secondary N) is 1. The van der Waals surface area contributed by atoms with Crippen LogP contribution in [-0.2, 0) is 14.8 Å². The maximum atomic E-state index is 13.3. The van der Waals surface area contributed by atoms with E-state index in [2.05, 4.69) is 5.32 Å². The van der Waals surface area contributed by atoms with Crippen LogP contribution < -0.4 is 14.4 Å². The van der Waals surface area contributed by atoms with Crippen molar-refractivity contribution in [1.29, 1.82) is 0 Å². The topological polar surface area (TPSA) is 75.7 Å². The zero-order chi connectivity index (χ0) is 21.4. The Morgan fingerprint density at radius 1 is 1.03 bits per heavy atom. The van der Waals surface area contributed by atoms with Crippen LogP contribution in [-0.4, -0.2) is 34.0 Å². The molecule has 0 aromatic heterocycles. The van der Waals surface area contributed by atoms with Crippen molar-refractivity contribution in [3.63, 3.8) is 0 Å². The van der Waals surface area contributed by atoms with Gasteiger partial charge >= 0.3 is 0 Å². The quantitative estimate of drug-likeness (QED) is 0.653. The van der Waals surface area contributed by atoms with Crippen LogP contribution in [0.5, 0.6) is 5.75 Å². The molecule has 0 saturated heterocycles. The Hall–Kier alpha value is -2.54. The number of ether oxygens (including phenoxy) is 1. The number of sulfonamides is 1. The standard InChI is InChI=1S/C23H30N2O4S/c1-2-29-21-13-15-22(16-14-21)30(27,28)25(20-11-7-4-8-12-20)18-23(26)24-17-19-9-5-3-6-10-19/h4,7-8,11-16,19H,2-3,5-6,9-10,17-18H2,1H3,(H,24,26). The minimum Gasteiger partial charge on any atom is -0.494 e. The zero-order valence-electron chi connectivity index (χ0n) is 17.4. The van der Waals surface area contributed by atoms with Gasteiger partial charge < -0.3 is 10.1 Å². The first kappa shape index (κ1) is 22.2. The molecular weight excluding hydrogens is 400 g/mol. The monoisotopic (exact) mass is 430 g/mol. The maximum absolute atomic E-state index is 13.3. The van der Waals surface area contributed by atoms with Crippen molar-refractivity contribution in [2.24, 2.45) is 5.92 Å². The van der Waals surface area contributed by atoms with Gasteiger partial charge in [-0.2, -0.15) is 0 Å². The summed E-state index contributed by atoms with van der Waals surface area (Å²) in [6.45, 7) is 2.72. The summed E-state index contributed by atoms with van der Waals surface area (Å²) in [5.41, 5.74) is 0.458. The van der Waals surface area contributed by atoms with Crippen molar-refractivity contribution in [2.75, 3.05) is 24.0 Å². The SMILES string of the molecule is CCOc1ccc(S(=O)(=O)N(CC(=O)NCC2CCCCC2)c2ccccc2)cc1. The highest BCUT2D eigenvalue weighted by atomic mass is 32.2. The van der Waals surface area contributed by atoms with Crippen molar-refractivity contribution < 1.29 is 17.9 Å². The van der Waals surface area contributed by atoms with E-state index in [1.165, 1.54) is 35.7 Å². The number of anilines is 1. The van der Waals surface area contributed by atoms with Crippen molar-refractivity contribution >= 4 is 21.6 Å². The van der Waals surface area contributed by atoms with Gasteiger partial charge in [0.2, 0.25) is 5.91 Å². The van der Waals surface area contributed by atoms with Crippen LogP contribution in [0.25, 0.3) is 0 Å². The Labute approximate surface area is 179 Å². The molecule has 1 fully saturated rings. The normalized spacial score (nSPS) is 14.8. The Kier molecular flexibility index (Phi) is 7.74. The molecule has 162 valence electrons. The van der Waals surface area contributed by atoms with Gasteiger partial charge in [-0.1, -0.05) is 37.5 Å². The highest BCUT2D eigenvalue weighted by Gasteiger charge is 2.27. The van der Waals surface area contributed by atoms with Gasteiger partial charge in [-0.15, -0.1) is 0 Å². The second-order valence-electron chi connectivity index (χ2n) is 7.56. The molecule has 1 saturated carbocycles. The van der Waals surface area contributed by atoms with Crippen molar-refractivity contribution in [3.8, 4) is 5.75 Å². The smallest absolute Gasteiger partial charge is 0.264 e. The van der Waals surface area contributed by atoms with E-state index in [0.29, 0.717) is 30.5 Å². The number of amides is 1. The first-order chi connectivity index (χ1) is 14.5. The molecule has 0 bridgehead atoms. The van der Waals surface area contributed by atoms with E-state index in [4.69, 9.17) is 4.74 Å².